The molecule has 3 saturated heterocycles. The molecule has 186 valence electrons. The van der Waals surface area contributed by atoms with Crippen LogP contribution in [0.1, 0.15) is 33.5 Å². The second kappa shape index (κ2) is 7.71. The van der Waals surface area contributed by atoms with Gasteiger partial charge in [0.1, 0.15) is 6.04 Å². The number of piperazine rings is 1. The van der Waals surface area contributed by atoms with Crippen molar-refractivity contribution in [3.8, 4) is 6.07 Å². The van der Waals surface area contributed by atoms with Crippen LogP contribution in [0.2, 0.25) is 0 Å². The van der Waals surface area contributed by atoms with E-state index in [1.807, 2.05) is 0 Å². The first kappa shape index (κ1) is 23.7. The van der Waals surface area contributed by atoms with E-state index < -0.39 is 76.3 Å². The van der Waals surface area contributed by atoms with Crippen molar-refractivity contribution in [2.75, 3.05) is 11.4 Å². The highest BCUT2D eigenvalue weighted by molar-refractivity contribution is 6.22. The highest BCUT2D eigenvalue weighted by atomic mass is 19.4. The van der Waals surface area contributed by atoms with E-state index >= 15 is 0 Å². The maximum absolute atomic E-state index is 13.4. The fourth-order valence-electron chi connectivity index (χ4n) is 5.20. The first-order valence-electron chi connectivity index (χ1n) is 10.6. The van der Waals surface area contributed by atoms with Crippen LogP contribution in [0.5, 0.6) is 0 Å². The Labute approximate surface area is 199 Å². The van der Waals surface area contributed by atoms with E-state index in [0.29, 0.717) is 11.0 Å². The van der Waals surface area contributed by atoms with E-state index in [9.17, 15) is 40.7 Å². The number of urea groups is 1. The van der Waals surface area contributed by atoms with Gasteiger partial charge in [0.2, 0.25) is 0 Å². The van der Waals surface area contributed by atoms with Crippen molar-refractivity contribution in [2.24, 2.45) is 0 Å². The zero-order valence-corrected chi connectivity index (χ0v) is 18.0. The Bertz CT molecular complexity index is 1350. The molecule has 3 fully saturated rings. The number of amides is 4. The number of imide groups is 1. The van der Waals surface area contributed by atoms with Crippen LogP contribution >= 0.6 is 0 Å². The minimum absolute atomic E-state index is 0.125. The number of rotatable bonds is 2. The predicted octanol–water partition coefficient (Wildman–Crippen LogP) is 4.03. The second-order valence-electron chi connectivity index (χ2n) is 8.61. The third-order valence-corrected chi connectivity index (χ3v) is 6.68. The summed E-state index contributed by atoms with van der Waals surface area (Å²) in [5.41, 5.74) is -4.14. The van der Waals surface area contributed by atoms with Gasteiger partial charge in [-0.05, 0) is 36.8 Å². The number of halogens is 6. The van der Waals surface area contributed by atoms with Gasteiger partial charge >= 0.3 is 18.4 Å². The average Bonchev–Trinajstić information content (AvgIpc) is 3.48. The van der Waals surface area contributed by atoms with Crippen LogP contribution in [0.25, 0.3) is 0 Å². The number of alkyl halides is 6. The number of carbonyl (C=O) groups is 3. The van der Waals surface area contributed by atoms with E-state index in [1.54, 1.807) is 0 Å². The minimum atomic E-state index is -4.92. The molecule has 4 amide bonds. The summed E-state index contributed by atoms with van der Waals surface area (Å²) in [5, 5.41) is 8.98. The number of hydrogen-bond acceptors (Lipinski definition) is 4. The van der Waals surface area contributed by atoms with Crippen molar-refractivity contribution < 1.29 is 40.7 Å². The van der Waals surface area contributed by atoms with Crippen molar-refractivity contribution in [3.05, 3.63) is 64.7 Å². The van der Waals surface area contributed by atoms with Crippen molar-refractivity contribution in [1.29, 1.82) is 5.26 Å². The van der Waals surface area contributed by atoms with Crippen LogP contribution in [0.15, 0.2) is 42.5 Å². The fourth-order valence-corrected chi connectivity index (χ4v) is 5.20. The van der Waals surface area contributed by atoms with Gasteiger partial charge < -0.3 is 9.80 Å². The van der Waals surface area contributed by atoms with Gasteiger partial charge in [0.15, 0.2) is 0 Å². The topological polar surface area (TPSA) is 84.7 Å². The molecule has 3 atom stereocenters. The molecular formula is C23H14F6N4O3. The largest absolute Gasteiger partial charge is 0.417 e. The number of carbonyl (C=O) groups excluding carboxylic acids is 3. The second-order valence-corrected chi connectivity index (χ2v) is 8.61. The van der Waals surface area contributed by atoms with Gasteiger partial charge in [-0.15, -0.1) is 0 Å². The molecule has 0 saturated carbocycles. The van der Waals surface area contributed by atoms with Crippen molar-refractivity contribution in [3.63, 3.8) is 0 Å². The van der Waals surface area contributed by atoms with Gasteiger partial charge in [0.05, 0.1) is 46.1 Å². The molecule has 0 radical (unpaired) electrons. The van der Waals surface area contributed by atoms with Gasteiger partial charge in [-0.25, -0.2) is 9.69 Å². The number of likely N-dealkylation sites (tertiary alicyclic amines) is 1. The summed E-state index contributed by atoms with van der Waals surface area (Å²) in [6, 6.07) is 4.27. The molecule has 2 unspecified atom stereocenters. The molecule has 3 aliphatic heterocycles. The summed E-state index contributed by atoms with van der Waals surface area (Å²) in [7, 11) is 0. The van der Waals surface area contributed by atoms with Gasteiger partial charge in [-0.3, -0.25) is 9.59 Å². The van der Waals surface area contributed by atoms with Crippen LogP contribution in [0.3, 0.4) is 0 Å². The van der Waals surface area contributed by atoms with Gasteiger partial charge in [-0.1, -0.05) is 12.1 Å². The molecular weight excluding hydrogens is 494 g/mol. The van der Waals surface area contributed by atoms with Crippen LogP contribution in [-0.4, -0.2) is 52.3 Å². The number of anilines is 1. The molecule has 36 heavy (non-hydrogen) atoms. The Morgan fingerprint density at radius 2 is 1.64 bits per heavy atom. The quantitative estimate of drug-likeness (QED) is 0.453. The van der Waals surface area contributed by atoms with E-state index in [0.717, 1.165) is 40.1 Å². The number of nitriles is 1. The fraction of sp³-hybridized carbons (Fsp3) is 0.304. The van der Waals surface area contributed by atoms with Crippen LogP contribution in [0, 0.1) is 11.3 Å². The number of hydrogen-bond donors (Lipinski definition) is 0. The third-order valence-electron chi connectivity index (χ3n) is 6.68. The summed E-state index contributed by atoms with van der Waals surface area (Å²) < 4.78 is 80.5. The Morgan fingerprint density at radius 3 is 2.28 bits per heavy atom. The predicted molar refractivity (Wildman–Crippen MR) is 109 cm³/mol. The Morgan fingerprint density at radius 1 is 0.972 bits per heavy atom. The van der Waals surface area contributed by atoms with E-state index in [-0.39, 0.29) is 13.0 Å². The summed E-state index contributed by atoms with van der Waals surface area (Å²) in [4.78, 5) is 42.2. The molecule has 2 aromatic rings. The maximum atomic E-state index is 13.4. The monoisotopic (exact) mass is 508 g/mol. The molecule has 2 bridgehead atoms. The molecule has 0 aromatic heterocycles. The Balaban J connectivity index is 1.47. The van der Waals surface area contributed by atoms with Crippen LogP contribution < -0.4 is 4.90 Å². The van der Waals surface area contributed by atoms with Gasteiger partial charge in [0.25, 0.3) is 11.8 Å². The number of nitrogens with zero attached hydrogens (tertiary/aromatic N) is 4. The number of fused-ring (bicyclic) bond motifs is 5. The van der Waals surface area contributed by atoms with Crippen LogP contribution in [-0.2, 0) is 17.1 Å². The van der Waals surface area contributed by atoms with E-state index in [4.69, 9.17) is 5.26 Å². The normalized spacial score (nSPS) is 23.4. The lowest BCUT2D eigenvalue weighted by atomic mass is 10.0. The van der Waals surface area contributed by atoms with Crippen molar-refractivity contribution in [2.45, 2.75) is 36.9 Å². The van der Waals surface area contributed by atoms with Crippen molar-refractivity contribution in [1.82, 2.24) is 9.80 Å². The van der Waals surface area contributed by atoms with E-state index in [1.165, 1.54) is 12.1 Å². The van der Waals surface area contributed by atoms with Gasteiger partial charge in [-0.2, -0.15) is 31.6 Å². The lowest BCUT2D eigenvalue weighted by Gasteiger charge is -2.35. The smallest absolute Gasteiger partial charge is 0.331 e. The molecule has 7 nitrogen and oxygen atoms in total. The summed E-state index contributed by atoms with van der Waals surface area (Å²) in [5.74, 6) is -1.85. The zero-order valence-electron chi connectivity index (χ0n) is 18.0. The zero-order chi connectivity index (χ0) is 26.2. The molecule has 3 aliphatic rings. The Kier molecular flexibility index (Phi) is 5.07. The first-order chi connectivity index (χ1) is 16.8. The Hall–Kier alpha value is -4.08. The minimum Gasteiger partial charge on any atom is -0.331 e. The highest BCUT2D eigenvalue weighted by Crippen LogP contribution is 2.44. The lowest BCUT2D eigenvalue weighted by molar-refractivity contribution is -0.138. The SMILES string of the molecule is N#Cc1ccc(N2C(=O)[C@H]3C4CC(CN4C(=O)c4ccccc4C(F)(F)F)N3C2=O)cc1C(F)(F)F. The third kappa shape index (κ3) is 3.39. The van der Waals surface area contributed by atoms with E-state index in [2.05, 4.69) is 0 Å². The summed E-state index contributed by atoms with van der Waals surface area (Å²) in [6.45, 7) is -0.125. The molecule has 13 heteroatoms. The summed E-state index contributed by atoms with van der Waals surface area (Å²) in [6.07, 6.45) is -9.56. The average molecular weight is 508 g/mol. The molecule has 0 N–H and O–H groups in total. The highest BCUT2D eigenvalue weighted by Gasteiger charge is 2.63. The van der Waals surface area contributed by atoms with Crippen LogP contribution in [0.4, 0.5) is 36.8 Å². The molecule has 0 spiro atoms. The molecule has 5 rings (SSSR count). The number of benzene rings is 2. The van der Waals surface area contributed by atoms with Crippen molar-refractivity contribution >= 4 is 23.5 Å². The molecule has 2 aromatic carbocycles. The standard InChI is InChI=1S/C23H14F6N4O3/c24-22(25,26)15-4-2-1-3-14(15)19(34)31-10-13-8-17(31)18-20(35)33(21(36)32(13)18)12-6-5-11(9-30)16(7-12)23(27,28)29/h1-7,13,17-18H,8,10H2/t13?,17?,18-/m1/s1. The van der Waals surface area contributed by atoms with Gasteiger partial charge in [0, 0.05) is 6.54 Å². The summed E-state index contributed by atoms with van der Waals surface area (Å²) >= 11 is 0. The molecule has 3 heterocycles. The molecule has 0 aliphatic carbocycles. The maximum Gasteiger partial charge on any atom is 0.417 e. The lowest BCUT2D eigenvalue weighted by Crippen LogP contribution is -2.55. The first-order valence-corrected chi connectivity index (χ1v) is 10.6.